The van der Waals surface area contributed by atoms with Crippen LogP contribution in [0.1, 0.15) is 26.7 Å². The monoisotopic (exact) mass is 335 g/mol. The maximum atomic E-state index is 11.8. The molecule has 0 saturated carbocycles. The van der Waals surface area contributed by atoms with E-state index in [4.69, 9.17) is 4.74 Å². The standard InChI is InChI=1S/C14H29N3O4S/c1-4-13(2)15-14(18)5-6-17(22(3,19)20)8-7-16-9-11-21-12-10-16/h13H,4-12H2,1-3H3,(H,15,18). The summed E-state index contributed by atoms with van der Waals surface area (Å²) < 4.78 is 30.4. The van der Waals surface area contributed by atoms with E-state index >= 15 is 0 Å². The molecule has 0 aromatic carbocycles. The Balaban J connectivity index is 2.42. The fourth-order valence-corrected chi connectivity index (χ4v) is 3.03. The first kappa shape index (κ1) is 19.3. The van der Waals surface area contributed by atoms with E-state index in [1.807, 2.05) is 13.8 Å². The van der Waals surface area contributed by atoms with Crippen LogP contribution < -0.4 is 5.32 Å². The molecule has 1 aliphatic heterocycles. The minimum Gasteiger partial charge on any atom is -0.379 e. The Bertz CT molecular complexity index is 435. The molecule has 1 N–H and O–H groups in total. The molecule has 1 rings (SSSR count). The van der Waals surface area contributed by atoms with E-state index in [1.165, 1.54) is 10.6 Å². The van der Waals surface area contributed by atoms with Gasteiger partial charge in [-0.3, -0.25) is 9.69 Å². The molecule has 1 unspecified atom stereocenters. The Hall–Kier alpha value is -0.700. The van der Waals surface area contributed by atoms with Gasteiger partial charge in [-0.25, -0.2) is 12.7 Å². The lowest BCUT2D eigenvalue weighted by Gasteiger charge is -2.29. The van der Waals surface area contributed by atoms with Crippen molar-refractivity contribution >= 4 is 15.9 Å². The number of sulfonamides is 1. The fraction of sp³-hybridized carbons (Fsp3) is 0.929. The maximum Gasteiger partial charge on any atom is 0.221 e. The number of carbonyl (C=O) groups excluding carboxylic acids is 1. The highest BCUT2D eigenvalue weighted by Gasteiger charge is 2.20. The Morgan fingerprint density at radius 2 is 1.95 bits per heavy atom. The average Bonchev–Trinajstić information content (AvgIpc) is 2.46. The molecule has 22 heavy (non-hydrogen) atoms. The van der Waals surface area contributed by atoms with E-state index < -0.39 is 10.0 Å². The van der Waals surface area contributed by atoms with Gasteiger partial charge in [0.05, 0.1) is 19.5 Å². The van der Waals surface area contributed by atoms with E-state index in [2.05, 4.69) is 10.2 Å². The molecule has 7 nitrogen and oxygen atoms in total. The second kappa shape index (κ2) is 9.44. The molecule has 1 aliphatic rings. The average molecular weight is 335 g/mol. The molecule has 0 radical (unpaired) electrons. The highest BCUT2D eigenvalue weighted by molar-refractivity contribution is 7.88. The van der Waals surface area contributed by atoms with Crippen LogP contribution in [-0.2, 0) is 19.6 Å². The summed E-state index contributed by atoms with van der Waals surface area (Å²) in [6.45, 7) is 8.27. The van der Waals surface area contributed by atoms with Crippen LogP contribution in [0, 0.1) is 0 Å². The summed E-state index contributed by atoms with van der Waals surface area (Å²) in [6.07, 6.45) is 2.25. The van der Waals surface area contributed by atoms with Crippen LogP contribution in [0.5, 0.6) is 0 Å². The Kier molecular flexibility index (Phi) is 8.30. The zero-order chi connectivity index (χ0) is 16.6. The van der Waals surface area contributed by atoms with Crippen LogP contribution in [0.2, 0.25) is 0 Å². The third-order valence-corrected chi connectivity index (χ3v) is 5.15. The SMILES string of the molecule is CCC(C)NC(=O)CCN(CCN1CCOCC1)S(C)(=O)=O. The number of nitrogens with zero attached hydrogens (tertiary/aromatic N) is 2. The first-order valence-corrected chi connectivity index (χ1v) is 9.72. The van der Waals surface area contributed by atoms with Gasteiger partial charge in [-0.05, 0) is 13.3 Å². The van der Waals surface area contributed by atoms with Crippen LogP contribution in [0.15, 0.2) is 0 Å². The Morgan fingerprint density at radius 3 is 2.50 bits per heavy atom. The summed E-state index contributed by atoms with van der Waals surface area (Å²) in [5, 5.41) is 2.85. The van der Waals surface area contributed by atoms with Gasteiger partial charge < -0.3 is 10.1 Å². The predicted octanol–water partition coefficient (Wildman–Crippen LogP) is -0.115. The van der Waals surface area contributed by atoms with E-state index in [1.54, 1.807) is 0 Å². The molecular weight excluding hydrogens is 306 g/mol. The highest BCUT2D eigenvalue weighted by Crippen LogP contribution is 2.03. The second-order valence-electron chi connectivity index (χ2n) is 5.74. The molecule has 1 saturated heterocycles. The number of ether oxygens (including phenoxy) is 1. The van der Waals surface area contributed by atoms with E-state index in [9.17, 15) is 13.2 Å². The molecule has 1 amide bonds. The predicted molar refractivity (Wildman–Crippen MR) is 86.2 cm³/mol. The number of carbonyl (C=O) groups is 1. The number of morpholine rings is 1. The first-order chi connectivity index (χ1) is 10.3. The van der Waals surface area contributed by atoms with Gasteiger partial charge in [-0.2, -0.15) is 0 Å². The van der Waals surface area contributed by atoms with Gasteiger partial charge in [0, 0.05) is 45.2 Å². The van der Waals surface area contributed by atoms with Crippen molar-refractivity contribution in [3.8, 4) is 0 Å². The Morgan fingerprint density at radius 1 is 1.32 bits per heavy atom. The van der Waals surface area contributed by atoms with E-state index in [0.29, 0.717) is 26.3 Å². The van der Waals surface area contributed by atoms with Crippen LogP contribution >= 0.6 is 0 Å². The van der Waals surface area contributed by atoms with Gasteiger partial charge in [-0.1, -0.05) is 6.92 Å². The second-order valence-corrected chi connectivity index (χ2v) is 7.73. The number of hydrogen-bond donors (Lipinski definition) is 1. The van der Waals surface area contributed by atoms with Crippen molar-refractivity contribution in [2.24, 2.45) is 0 Å². The van der Waals surface area contributed by atoms with Crippen molar-refractivity contribution in [2.45, 2.75) is 32.7 Å². The largest absolute Gasteiger partial charge is 0.379 e. The highest BCUT2D eigenvalue weighted by atomic mass is 32.2. The van der Waals surface area contributed by atoms with Crippen LogP contribution in [0.25, 0.3) is 0 Å². The number of nitrogens with one attached hydrogen (secondary N) is 1. The van der Waals surface area contributed by atoms with E-state index in [-0.39, 0.29) is 24.9 Å². The van der Waals surface area contributed by atoms with Crippen LogP contribution in [0.4, 0.5) is 0 Å². The molecular formula is C14H29N3O4S. The van der Waals surface area contributed by atoms with Gasteiger partial charge in [-0.15, -0.1) is 0 Å². The smallest absolute Gasteiger partial charge is 0.221 e. The lowest BCUT2D eigenvalue weighted by atomic mass is 10.2. The van der Waals surface area contributed by atoms with Crippen molar-refractivity contribution in [1.29, 1.82) is 0 Å². The lowest BCUT2D eigenvalue weighted by Crippen LogP contribution is -2.44. The van der Waals surface area contributed by atoms with Gasteiger partial charge in [0.15, 0.2) is 0 Å². The molecule has 1 fully saturated rings. The molecule has 1 atom stereocenters. The normalized spacial score (nSPS) is 18.4. The summed E-state index contributed by atoms with van der Waals surface area (Å²) in [7, 11) is -3.30. The molecule has 0 spiro atoms. The third-order valence-electron chi connectivity index (χ3n) is 3.85. The molecule has 130 valence electrons. The minimum atomic E-state index is -3.30. The molecule has 8 heteroatoms. The van der Waals surface area contributed by atoms with Crippen molar-refractivity contribution in [3.05, 3.63) is 0 Å². The quantitative estimate of drug-likeness (QED) is 0.636. The molecule has 0 bridgehead atoms. The van der Waals surface area contributed by atoms with Gasteiger partial charge in [0.2, 0.25) is 15.9 Å². The zero-order valence-electron chi connectivity index (χ0n) is 13.9. The topological polar surface area (TPSA) is 79.0 Å². The summed E-state index contributed by atoms with van der Waals surface area (Å²) in [4.78, 5) is 14.0. The number of amides is 1. The van der Waals surface area contributed by atoms with Crippen molar-refractivity contribution in [1.82, 2.24) is 14.5 Å². The summed E-state index contributed by atoms with van der Waals surface area (Å²) >= 11 is 0. The Labute approximate surface area is 134 Å². The van der Waals surface area contributed by atoms with Crippen LogP contribution in [-0.4, -0.2) is 81.8 Å². The first-order valence-electron chi connectivity index (χ1n) is 7.87. The van der Waals surface area contributed by atoms with Crippen LogP contribution in [0.3, 0.4) is 0 Å². The summed E-state index contributed by atoms with van der Waals surface area (Å²) in [6, 6.07) is 0.118. The van der Waals surface area contributed by atoms with Crippen molar-refractivity contribution in [3.63, 3.8) is 0 Å². The number of hydrogen-bond acceptors (Lipinski definition) is 5. The van der Waals surface area contributed by atoms with Gasteiger partial charge in [0.1, 0.15) is 0 Å². The lowest BCUT2D eigenvalue weighted by molar-refractivity contribution is -0.121. The summed E-state index contributed by atoms with van der Waals surface area (Å²) in [5.74, 6) is -0.102. The third kappa shape index (κ3) is 7.53. The van der Waals surface area contributed by atoms with Gasteiger partial charge >= 0.3 is 0 Å². The summed E-state index contributed by atoms with van der Waals surface area (Å²) in [5.41, 5.74) is 0. The molecule has 0 aromatic heterocycles. The number of rotatable bonds is 9. The van der Waals surface area contributed by atoms with Crippen molar-refractivity contribution < 1.29 is 17.9 Å². The molecule has 0 aromatic rings. The fourth-order valence-electron chi connectivity index (χ4n) is 2.20. The van der Waals surface area contributed by atoms with E-state index in [0.717, 1.165) is 19.5 Å². The molecule has 0 aliphatic carbocycles. The van der Waals surface area contributed by atoms with Crippen molar-refractivity contribution in [2.75, 3.05) is 52.2 Å². The maximum absolute atomic E-state index is 11.8. The molecule has 1 heterocycles. The minimum absolute atomic E-state index is 0.102. The van der Waals surface area contributed by atoms with Gasteiger partial charge in [0.25, 0.3) is 0 Å². The zero-order valence-corrected chi connectivity index (χ0v) is 14.7.